The fourth-order valence-electron chi connectivity index (χ4n) is 2.51. The van der Waals surface area contributed by atoms with Gasteiger partial charge in [-0.2, -0.15) is 0 Å². The van der Waals surface area contributed by atoms with Crippen molar-refractivity contribution in [2.75, 3.05) is 18.2 Å². The monoisotopic (exact) mass is 423 g/mol. The zero-order valence-corrected chi connectivity index (χ0v) is 17.0. The Morgan fingerprint density at radius 2 is 2.00 bits per heavy atom. The van der Waals surface area contributed by atoms with Crippen LogP contribution in [0.2, 0.25) is 0 Å². The molecule has 0 aliphatic rings. The largest absolute Gasteiger partial charge is 0.480 e. The standard InChI is InChI=1S/C18H22FN5O4S/c1-10(9-29(26,27)11(2)17(20)21)13-6-12(4-5-14(13)19)24-18(25)15-7-23-16(28-3)8-22-15/h4-8,10-11H,9H2,1-3H3,(H3,20,21)(H,24,25). The van der Waals surface area contributed by atoms with Crippen molar-refractivity contribution < 1.29 is 22.3 Å². The number of rotatable bonds is 8. The highest BCUT2D eigenvalue weighted by Crippen LogP contribution is 2.25. The van der Waals surface area contributed by atoms with Crippen molar-refractivity contribution in [1.82, 2.24) is 9.97 Å². The summed E-state index contributed by atoms with van der Waals surface area (Å²) >= 11 is 0. The molecule has 1 amide bonds. The van der Waals surface area contributed by atoms with Gasteiger partial charge < -0.3 is 15.8 Å². The van der Waals surface area contributed by atoms with Crippen molar-refractivity contribution >= 4 is 27.3 Å². The number of nitrogens with one attached hydrogen (secondary N) is 2. The number of hydrogen-bond acceptors (Lipinski definition) is 7. The fraction of sp³-hybridized carbons (Fsp3) is 0.333. The molecule has 1 aromatic carbocycles. The van der Waals surface area contributed by atoms with E-state index in [2.05, 4.69) is 15.3 Å². The second-order valence-electron chi connectivity index (χ2n) is 6.46. The Bertz CT molecular complexity index is 1010. The number of methoxy groups -OCH3 is 1. The first-order valence-corrected chi connectivity index (χ1v) is 10.3. The van der Waals surface area contributed by atoms with Crippen molar-refractivity contribution in [2.45, 2.75) is 25.0 Å². The van der Waals surface area contributed by atoms with Crippen molar-refractivity contribution in [3.05, 3.63) is 47.7 Å². The molecule has 0 bridgehead atoms. The van der Waals surface area contributed by atoms with E-state index in [1.54, 1.807) is 6.92 Å². The molecular weight excluding hydrogens is 401 g/mol. The van der Waals surface area contributed by atoms with Gasteiger partial charge in [0.05, 0.1) is 25.3 Å². The van der Waals surface area contributed by atoms with Crippen LogP contribution in [0.4, 0.5) is 10.1 Å². The number of ether oxygens (including phenoxy) is 1. The predicted octanol–water partition coefficient (Wildman–Crippen LogP) is 1.72. The number of carbonyl (C=O) groups excluding carboxylic acids is 1. The number of nitrogens with two attached hydrogens (primary N) is 1. The lowest BCUT2D eigenvalue weighted by molar-refractivity contribution is 0.102. The van der Waals surface area contributed by atoms with Gasteiger partial charge in [0.15, 0.2) is 9.84 Å². The van der Waals surface area contributed by atoms with Crippen molar-refractivity contribution in [2.24, 2.45) is 5.73 Å². The molecule has 2 rings (SSSR count). The van der Waals surface area contributed by atoms with E-state index < -0.39 is 44.3 Å². The number of sulfone groups is 1. The molecular formula is C18H22FN5O4S. The topological polar surface area (TPSA) is 148 Å². The van der Waals surface area contributed by atoms with E-state index in [0.29, 0.717) is 0 Å². The third-order valence-electron chi connectivity index (χ3n) is 4.31. The number of aromatic nitrogens is 2. The Hall–Kier alpha value is -3.08. The van der Waals surface area contributed by atoms with Gasteiger partial charge in [-0.1, -0.05) is 6.92 Å². The number of nitrogens with zero attached hydrogens (tertiary/aromatic N) is 2. The lowest BCUT2D eigenvalue weighted by atomic mass is 10.0. The summed E-state index contributed by atoms with van der Waals surface area (Å²) in [7, 11) is -2.32. The van der Waals surface area contributed by atoms with Crippen molar-refractivity contribution in [1.29, 1.82) is 5.41 Å². The molecule has 1 heterocycles. The summed E-state index contributed by atoms with van der Waals surface area (Å²) in [5, 5.41) is 8.73. The van der Waals surface area contributed by atoms with Crippen LogP contribution >= 0.6 is 0 Å². The fourth-order valence-corrected chi connectivity index (χ4v) is 4.06. The van der Waals surface area contributed by atoms with E-state index in [1.807, 2.05) is 0 Å². The Balaban J connectivity index is 2.20. The molecule has 0 spiro atoms. The van der Waals surface area contributed by atoms with E-state index in [1.165, 1.54) is 38.6 Å². The smallest absolute Gasteiger partial charge is 0.275 e. The van der Waals surface area contributed by atoms with Gasteiger partial charge in [0.2, 0.25) is 5.88 Å². The minimum Gasteiger partial charge on any atom is -0.480 e. The molecule has 11 heteroatoms. The number of benzene rings is 1. The van der Waals surface area contributed by atoms with Crippen LogP contribution in [0.3, 0.4) is 0 Å². The van der Waals surface area contributed by atoms with Gasteiger partial charge in [0.1, 0.15) is 22.6 Å². The number of halogens is 1. The molecule has 2 aromatic rings. The molecule has 2 unspecified atom stereocenters. The zero-order valence-electron chi connectivity index (χ0n) is 16.1. The molecule has 156 valence electrons. The van der Waals surface area contributed by atoms with E-state index in [0.717, 1.165) is 6.07 Å². The van der Waals surface area contributed by atoms with Crippen LogP contribution in [0, 0.1) is 11.2 Å². The maximum Gasteiger partial charge on any atom is 0.275 e. The molecule has 1 aromatic heterocycles. The maximum absolute atomic E-state index is 14.3. The Morgan fingerprint density at radius 1 is 1.31 bits per heavy atom. The van der Waals surface area contributed by atoms with E-state index in [9.17, 15) is 17.6 Å². The zero-order chi connectivity index (χ0) is 21.8. The minimum atomic E-state index is -3.74. The maximum atomic E-state index is 14.3. The molecule has 9 nitrogen and oxygen atoms in total. The van der Waals surface area contributed by atoms with E-state index in [-0.39, 0.29) is 22.8 Å². The van der Waals surface area contributed by atoms with Crippen LogP contribution < -0.4 is 15.8 Å². The van der Waals surface area contributed by atoms with Gasteiger partial charge in [-0.25, -0.2) is 22.8 Å². The SMILES string of the molecule is COc1cnc(C(=O)Nc2ccc(F)c(C(C)CS(=O)(=O)C(C)C(=N)N)c2)cn1. The number of amides is 1. The third kappa shape index (κ3) is 5.47. The Kier molecular flexibility index (Phi) is 6.85. The van der Waals surface area contributed by atoms with E-state index in [4.69, 9.17) is 15.9 Å². The second-order valence-corrected chi connectivity index (χ2v) is 8.83. The minimum absolute atomic E-state index is 0.0302. The number of anilines is 1. The van der Waals surface area contributed by atoms with Gasteiger partial charge in [0.25, 0.3) is 5.91 Å². The number of carbonyl (C=O) groups is 1. The third-order valence-corrected chi connectivity index (χ3v) is 6.61. The first-order chi connectivity index (χ1) is 13.5. The summed E-state index contributed by atoms with van der Waals surface area (Å²) in [5.41, 5.74) is 5.70. The summed E-state index contributed by atoms with van der Waals surface area (Å²) in [4.78, 5) is 20.1. The van der Waals surface area contributed by atoms with Crippen LogP contribution in [0.1, 0.15) is 35.8 Å². The van der Waals surface area contributed by atoms with Gasteiger partial charge in [-0.15, -0.1) is 0 Å². The first kappa shape index (κ1) is 22.2. The summed E-state index contributed by atoms with van der Waals surface area (Å²) in [6.07, 6.45) is 2.52. The molecule has 0 saturated carbocycles. The van der Waals surface area contributed by atoms with Crippen LogP contribution in [-0.2, 0) is 9.84 Å². The highest BCUT2D eigenvalue weighted by atomic mass is 32.2. The van der Waals surface area contributed by atoms with Gasteiger partial charge >= 0.3 is 0 Å². The molecule has 0 aliphatic heterocycles. The first-order valence-electron chi connectivity index (χ1n) is 8.57. The second kappa shape index (κ2) is 8.95. The average Bonchev–Trinajstić information content (AvgIpc) is 2.68. The van der Waals surface area contributed by atoms with Gasteiger partial charge in [-0.05, 0) is 36.6 Å². The lowest BCUT2D eigenvalue weighted by Crippen LogP contribution is -2.35. The molecule has 2 atom stereocenters. The van der Waals surface area contributed by atoms with Crippen LogP contribution in [0.5, 0.6) is 5.88 Å². The summed E-state index contributed by atoms with van der Waals surface area (Å²) < 4.78 is 43.8. The van der Waals surface area contributed by atoms with E-state index >= 15 is 0 Å². The molecule has 29 heavy (non-hydrogen) atoms. The predicted molar refractivity (Wildman–Crippen MR) is 107 cm³/mol. The average molecular weight is 423 g/mol. The van der Waals surface area contributed by atoms with Crippen LogP contribution in [0.15, 0.2) is 30.6 Å². The summed E-state index contributed by atoms with van der Waals surface area (Å²) in [5.74, 6) is -2.51. The van der Waals surface area contributed by atoms with Crippen LogP contribution in [0.25, 0.3) is 0 Å². The number of hydrogen-bond donors (Lipinski definition) is 3. The molecule has 0 saturated heterocycles. The van der Waals surface area contributed by atoms with Crippen molar-refractivity contribution in [3.63, 3.8) is 0 Å². The Labute approximate surface area is 167 Å². The molecule has 4 N–H and O–H groups in total. The lowest BCUT2D eigenvalue weighted by Gasteiger charge is -2.17. The van der Waals surface area contributed by atoms with Gasteiger partial charge in [-0.3, -0.25) is 10.2 Å². The Morgan fingerprint density at radius 3 is 2.55 bits per heavy atom. The highest BCUT2D eigenvalue weighted by Gasteiger charge is 2.27. The molecule has 0 aliphatic carbocycles. The number of amidine groups is 1. The van der Waals surface area contributed by atoms with Crippen molar-refractivity contribution in [3.8, 4) is 5.88 Å². The molecule has 0 radical (unpaired) electrons. The highest BCUT2D eigenvalue weighted by molar-refractivity contribution is 7.92. The summed E-state index contributed by atoms with van der Waals surface area (Å²) in [6, 6.07) is 3.86. The molecule has 0 fully saturated rings. The summed E-state index contributed by atoms with van der Waals surface area (Å²) in [6.45, 7) is 2.86. The quantitative estimate of drug-likeness (QED) is 0.432. The normalized spacial score (nSPS) is 13.4. The van der Waals surface area contributed by atoms with Gasteiger partial charge in [0, 0.05) is 5.69 Å². The van der Waals surface area contributed by atoms with Crippen LogP contribution in [-0.4, -0.2) is 48.2 Å².